The average molecular weight is 444 g/mol. The molecule has 0 rings (SSSR count). The molecule has 0 unspecified atom stereocenters. The van der Waals surface area contributed by atoms with Crippen LogP contribution in [0.5, 0.6) is 0 Å². The molecule has 0 heterocycles. The second kappa shape index (κ2) is 21.6. The number of rotatable bonds is 20. The average Bonchev–Trinajstić information content (AvgIpc) is 2.63. The molecule has 0 saturated carbocycles. The van der Waals surface area contributed by atoms with Gasteiger partial charge in [0.05, 0.1) is 6.61 Å². The van der Waals surface area contributed by atoms with E-state index >= 15 is 0 Å². The Morgan fingerprint density at radius 2 is 1.17 bits per heavy atom. The molecule has 0 N–H and O–H groups in total. The van der Waals surface area contributed by atoms with Crippen molar-refractivity contribution in [2.24, 2.45) is 0 Å². The van der Waals surface area contributed by atoms with Gasteiger partial charge in [0.15, 0.2) is 0 Å². The SMILES string of the molecule is CCCCCCCCCCCCCCCCCC(=O)N(C)CCOS(=O)(=O)[O-].[Na+]. The van der Waals surface area contributed by atoms with Crippen LogP contribution in [-0.4, -0.2) is 44.0 Å². The predicted molar refractivity (Wildman–Crippen MR) is 113 cm³/mol. The fraction of sp³-hybridized carbons (Fsp3) is 0.952. The zero-order valence-electron chi connectivity index (χ0n) is 19.1. The van der Waals surface area contributed by atoms with Crippen molar-refractivity contribution in [1.29, 1.82) is 0 Å². The first-order chi connectivity index (χ1) is 13.4. The molecule has 0 aromatic rings. The molecule has 0 aromatic heterocycles. The van der Waals surface area contributed by atoms with Gasteiger partial charge in [-0.15, -0.1) is 0 Å². The maximum atomic E-state index is 11.9. The van der Waals surface area contributed by atoms with Gasteiger partial charge in [0.1, 0.15) is 0 Å². The fourth-order valence-electron chi connectivity index (χ4n) is 3.24. The Bertz CT molecular complexity index is 474. The second-order valence-electron chi connectivity index (χ2n) is 7.75. The minimum atomic E-state index is -4.68. The molecule has 0 saturated heterocycles. The van der Waals surface area contributed by atoms with Crippen LogP contribution in [0, 0.1) is 0 Å². The van der Waals surface area contributed by atoms with Gasteiger partial charge in [-0.3, -0.25) is 8.98 Å². The monoisotopic (exact) mass is 443 g/mol. The summed E-state index contributed by atoms with van der Waals surface area (Å²) in [5.41, 5.74) is 0. The fourth-order valence-corrected chi connectivity index (χ4v) is 3.52. The van der Waals surface area contributed by atoms with E-state index in [4.69, 9.17) is 0 Å². The molecular weight excluding hydrogens is 401 g/mol. The van der Waals surface area contributed by atoms with Gasteiger partial charge in [-0.2, -0.15) is 0 Å². The van der Waals surface area contributed by atoms with Gasteiger partial charge in [-0.25, -0.2) is 8.42 Å². The maximum absolute atomic E-state index is 11.9. The molecule has 0 aromatic carbocycles. The molecular formula is C21H42NNaO5S. The number of carbonyl (C=O) groups excluding carboxylic acids is 1. The van der Waals surface area contributed by atoms with Crippen LogP contribution in [0.4, 0.5) is 0 Å². The van der Waals surface area contributed by atoms with Crippen molar-refractivity contribution in [2.75, 3.05) is 20.2 Å². The summed E-state index contributed by atoms with van der Waals surface area (Å²) in [6, 6.07) is 0. The summed E-state index contributed by atoms with van der Waals surface area (Å²) in [5, 5.41) is 0. The van der Waals surface area contributed by atoms with Crippen LogP contribution in [0.25, 0.3) is 0 Å². The van der Waals surface area contributed by atoms with Gasteiger partial charge >= 0.3 is 29.6 Å². The number of hydrogen-bond acceptors (Lipinski definition) is 5. The number of unbranched alkanes of at least 4 members (excludes halogenated alkanes) is 14. The van der Waals surface area contributed by atoms with Gasteiger partial charge in [0.2, 0.25) is 16.3 Å². The third-order valence-electron chi connectivity index (χ3n) is 5.07. The molecule has 29 heavy (non-hydrogen) atoms. The van der Waals surface area contributed by atoms with Crippen LogP contribution in [0.1, 0.15) is 110 Å². The minimum Gasteiger partial charge on any atom is -0.726 e. The van der Waals surface area contributed by atoms with Crippen molar-refractivity contribution in [3.8, 4) is 0 Å². The van der Waals surface area contributed by atoms with Crippen LogP contribution in [0.3, 0.4) is 0 Å². The Kier molecular flexibility index (Phi) is 23.4. The summed E-state index contributed by atoms with van der Waals surface area (Å²) in [6.07, 6.45) is 19.7. The third-order valence-corrected chi connectivity index (χ3v) is 5.53. The number of carbonyl (C=O) groups is 1. The molecule has 6 nitrogen and oxygen atoms in total. The Labute approximate surface area is 201 Å². The zero-order chi connectivity index (χ0) is 21.1. The molecule has 0 atom stereocenters. The first-order valence-electron chi connectivity index (χ1n) is 11.2. The number of amides is 1. The predicted octanol–water partition coefficient (Wildman–Crippen LogP) is 2.19. The first kappa shape index (κ1) is 31.5. The normalized spacial score (nSPS) is 11.3. The Hall–Kier alpha value is 0.340. The summed E-state index contributed by atoms with van der Waals surface area (Å²) in [5.74, 6) is -0.0402. The van der Waals surface area contributed by atoms with Crippen LogP contribution < -0.4 is 29.6 Å². The number of likely N-dealkylation sites (N-methyl/N-ethyl adjacent to an activating group) is 1. The summed E-state index contributed by atoms with van der Waals surface area (Å²) in [4.78, 5) is 13.3. The molecule has 0 aliphatic rings. The molecule has 0 bridgehead atoms. The van der Waals surface area contributed by atoms with E-state index in [9.17, 15) is 17.8 Å². The Morgan fingerprint density at radius 1 is 0.793 bits per heavy atom. The van der Waals surface area contributed by atoms with Crippen molar-refractivity contribution in [3.63, 3.8) is 0 Å². The quantitative estimate of drug-likeness (QED) is 0.125. The van der Waals surface area contributed by atoms with Crippen molar-refractivity contribution in [1.82, 2.24) is 4.90 Å². The Balaban J connectivity index is 0. The zero-order valence-corrected chi connectivity index (χ0v) is 21.9. The maximum Gasteiger partial charge on any atom is 1.00 e. The van der Waals surface area contributed by atoms with Gasteiger partial charge in [0, 0.05) is 20.0 Å². The van der Waals surface area contributed by atoms with Gasteiger partial charge in [-0.1, -0.05) is 96.8 Å². The van der Waals surface area contributed by atoms with E-state index < -0.39 is 10.4 Å². The second-order valence-corrected chi connectivity index (χ2v) is 8.80. The largest absolute Gasteiger partial charge is 1.00 e. The van der Waals surface area contributed by atoms with Crippen molar-refractivity contribution in [3.05, 3.63) is 0 Å². The smallest absolute Gasteiger partial charge is 0.726 e. The van der Waals surface area contributed by atoms with E-state index in [0.717, 1.165) is 19.3 Å². The molecule has 0 fully saturated rings. The standard InChI is InChI=1S/C21H43NO5S.Na/c1-3-4-5-6-7-8-9-10-11-12-13-14-15-16-17-18-21(23)22(2)19-20-27-28(24,25)26;/h3-20H2,1-2H3,(H,24,25,26);/q;+1/p-1. The van der Waals surface area contributed by atoms with E-state index in [1.165, 1.54) is 81.9 Å². The molecule has 1 amide bonds. The van der Waals surface area contributed by atoms with Crippen molar-refractivity contribution >= 4 is 16.3 Å². The van der Waals surface area contributed by atoms with Crippen LogP contribution in [-0.2, 0) is 19.4 Å². The van der Waals surface area contributed by atoms with Gasteiger partial charge in [-0.05, 0) is 6.42 Å². The number of hydrogen-bond donors (Lipinski definition) is 0. The van der Waals surface area contributed by atoms with Gasteiger partial charge < -0.3 is 9.45 Å². The topological polar surface area (TPSA) is 86.7 Å². The molecule has 0 spiro atoms. The third kappa shape index (κ3) is 24.5. The van der Waals surface area contributed by atoms with E-state index in [0.29, 0.717) is 6.42 Å². The van der Waals surface area contributed by atoms with E-state index in [-0.39, 0.29) is 48.6 Å². The minimum absolute atomic E-state index is 0. The van der Waals surface area contributed by atoms with Crippen LogP contribution >= 0.6 is 0 Å². The molecule has 8 heteroatoms. The molecule has 0 aliphatic heterocycles. The molecule has 0 aliphatic carbocycles. The summed E-state index contributed by atoms with van der Waals surface area (Å²) in [7, 11) is -3.09. The van der Waals surface area contributed by atoms with Crippen molar-refractivity contribution < 1.29 is 51.5 Å². The number of nitrogens with zero attached hydrogens (tertiary/aromatic N) is 1. The summed E-state index contributed by atoms with van der Waals surface area (Å²) >= 11 is 0. The molecule has 168 valence electrons. The van der Waals surface area contributed by atoms with Crippen LogP contribution in [0.15, 0.2) is 0 Å². The first-order valence-corrected chi connectivity index (χ1v) is 12.5. The summed E-state index contributed by atoms with van der Waals surface area (Å²) < 4.78 is 35.1. The van der Waals surface area contributed by atoms with E-state index in [1.807, 2.05) is 0 Å². The van der Waals surface area contributed by atoms with E-state index in [2.05, 4.69) is 11.1 Å². The Morgan fingerprint density at radius 3 is 1.55 bits per heavy atom. The van der Waals surface area contributed by atoms with Crippen LogP contribution in [0.2, 0.25) is 0 Å². The van der Waals surface area contributed by atoms with Crippen molar-refractivity contribution in [2.45, 2.75) is 110 Å². The van der Waals surface area contributed by atoms with Gasteiger partial charge in [0.25, 0.3) is 0 Å². The van der Waals surface area contributed by atoms with E-state index in [1.54, 1.807) is 7.05 Å². The molecule has 0 radical (unpaired) electrons. The summed E-state index contributed by atoms with van der Waals surface area (Å²) in [6.45, 7) is 2.08.